The van der Waals surface area contributed by atoms with Crippen molar-refractivity contribution in [2.75, 3.05) is 11.9 Å². The molecule has 3 aromatic rings. The fourth-order valence-corrected chi connectivity index (χ4v) is 3.75. The minimum atomic E-state index is -0.491. The van der Waals surface area contributed by atoms with Crippen LogP contribution in [-0.4, -0.2) is 12.5 Å². The van der Waals surface area contributed by atoms with Gasteiger partial charge in [0, 0.05) is 16.3 Å². The zero-order chi connectivity index (χ0) is 23.8. The summed E-state index contributed by atoms with van der Waals surface area (Å²) in [4.78, 5) is 12.6. The minimum absolute atomic E-state index is 0.0327. The van der Waals surface area contributed by atoms with Crippen LogP contribution in [0.5, 0.6) is 11.5 Å². The molecule has 168 valence electrons. The Morgan fingerprint density at radius 1 is 1.15 bits per heavy atom. The number of benzene rings is 3. The molecular weight excluding hydrogens is 504 g/mol. The van der Waals surface area contributed by atoms with Crippen LogP contribution in [0.3, 0.4) is 0 Å². The van der Waals surface area contributed by atoms with Crippen molar-refractivity contribution >= 4 is 45.2 Å². The molecule has 7 heteroatoms. The number of amides is 1. The monoisotopic (exact) mass is 524 g/mol. The number of carbonyl (C=O) groups excluding carboxylic acids is 1. The van der Waals surface area contributed by atoms with Gasteiger partial charge in [-0.15, -0.1) is 0 Å². The van der Waals surface area contributed by atoms with E-state index in [1.807, 2.05) is 50.2 Å². The number of halogens is 2. The second-order valence-corrected chi connectivity index (χ2v) is 8.39. The minimum Gasteiger partial charge on any atom is -0.490 e. The molecule has 0 bridgehead atoms. The van der Waals surface area contributed by atoms with Gasteiger partial charge >= 0.3 is 0 Å². The molecule has 0 radical (unpaired) electrons. The molecule has 3 aromatic carbocycles. The molecular formula is C26H22BrClN2O3. The highest BCUT2D eigenvalue weighted by atomic mass is 79.9. The third-order valence-corrected chi connectivity index (χ3v) is 5.60. The Balaban J connectivity index is 1.85. The lowest BCUT2D eigenvalue weighted by Crippen LogP contribution is -2.13. The average Bonchev–Trinajstić information content (AvgIpc) is 2.79. The second-order valence-electron chi connectivity index (χ2n) is 7.13. The Kier molecular flexibility index (Phi) is 8.53. The lowest BCUT2D eigenvalue weighted by molar-refractivity contribution is -0.112. The molecule has 0 aliphatic rings. The first-order valence-electron chi connectivity index (χ1n) is 10.2. The number of nitrogens with zero attached hydrogens (tertiary/aromatic N) is 1. The first-order chi connectivity index (χ1) is 15.9. The van der Waals surface area contributed by atoms with E-state index in [0.717, 1.165) is 11.1 Å². The van der Waals surface area contributed by atoms with Gasteiger partial charge < -0.3 is 14.8 Å². The van der Waals surface area contributed by atoms with Gasteiger partial charge in [0.2, 0.25) is 0 Å². The van der Waals surface area contributed by atoms with Crippen molar-refractivity contribution in [2.45, 2.75) is 20.5 Å². The highest BCUT2D eigenvalue weighted by Crippen LogP contribution is 2.38. The van der Waals surface area contributed by atoms with Crippen molar-refractivity contribution in [1.82, 2.24) is 0 Å². The number of nitrogens with one attached hydrogen (secondary N) is 1. The van der Waals surface area contributed by atoms with E-state index in [9.17, 15) is 10.1 Å². The Morgan fingerprint density at radius 3 is 2.55 bits per heavy atom. The van der Waals surface area contributed by atoms with Crippen LogP contribution in [0.2, 0.25) is 5.02 Å². The van der Waals surface area contributed by atoms with Crippen molar-refractivity contribution in [3.8, 4) is 17.6 Å². The summed E-state index contributed by atoms with van der Waals surface area (Å²) < 4.78 is 12.4. The van der Waals surface area contributed by atoms with E-state index in [0.29, 0.717) is 38.9 Å². The standard InChI is InChI=1S/C26H22BrClN2O3/c1-3-32-24-14-18(12-20(15-29)26(31)30-21-10-8-17(2)9-11-21)13-22(27)25(24)33-16-19-6-4-5-7-23(19)28/h4-14H,3,16H2,1-2H3,(H,30,31)/b20-12-. The van der Waals surface area contributed by atoms with Crippen LogP contribution in [0, 0.1) is 18.3 Å². The Labute approximate surface area is 206 Å². The predicted octanol–water partition coefficient (Wildman–Crippen LogP) is 6.93. The van der Waals surface area contributed by atoms with E-state index in [1.165, 1.54) is 6.08 Å². The summed E-state index contributed by atoms with van der Waals surface area (Å²) in [6.07, 6.45) is 1.51. The van der Waals surface area contributed by atoms with Gasteiger partial charge in [0.25, 0.3) is 5.91 Å². The van der Waals surface area contributed by atoms with Crippen molar-refractivity contribution in [3.63, 3.8) is 0 Å². The topological polar surface area (TPSA) is 71.3 Å². The van der Waals surface area contributed by atoms with Crippen LogP contribution >= 0.6 is 27.5 Å². The maximum Gasteiger partial charge on any atom is 0.266 e. The van der Waals surface area contributed by atoms with E-state index in [2.05, 4.69) is 21.2 Å². The zero-order valence-electron chi connectivity index (χ0n) is 18.2. The van der Waals surface area contributed by atoms with E-state index >= 15 is 0 Å². The molecule has 0 saturated heterocycles. The lowest BCUT2D eigenvalue weighted by atomic mass is 10.1. The van der Waals surface area contributed by atoms with Gasteiger partial charge in [-0.1, -0.05) is 47.5 Å². The summed E-state index contributed by atoms with van der Waals surface area (Å²) in [6, 6.07) is 20.3. The van der Waals surface area contributed by atoms with E-state index in [-0.39, 0.29) is 12.2 Å². The molecule has 33 heavy (non-hydrogen) atoms. The molecule has 0 fully saturated rings. The summed E-state index contributed by atoms with van der Waals surface area (Å²) in [5, 5.41) is 12.9. The highest BCUT2D eigenvalue weighted by molar-refractivity contribution is 9.10. The van der Waals surface area contributed by atoms with E-state index in [1.54, 1.807) is 30.3 Å². The van der Waals surface area contributed by atoms with Crippen molar-refractivity contribution < 1.29 is 14.3 Å². The summed E-state index contributed by atoms with van der Waals surface area (Å²) >= 11 is 9.74. The number of nitriles is 1. The number of aryl methyl sites for hydroxylation is 1. The molecule has 0 aromatic heterocycles. The van der Waals surface area contributed by atoms with Crippen molar-refractivity contribution in [2.24, 2.45) is 0 Å². The molecule has 5 nitrogen and oxygen atoms in total. The van der Waals surface area contributed by atoms with Crippen molar-refractivity contribution in [3.05, 3.63) is 92.4 Å². The third kappa shape index (κ3) is 6.61. The average molecular weight is 526 g/mol. The Hall–Kier alpha value is -3.27. The molecule has 0 aliphatic heterocycles. The second kappa shape index (κ2) is 11.6. The SMILES string of the molecule is CCOc1cc(/C=C(/C#N)C(=O)Nc2ccc(C)cc2)cc(Br)c1OCc1ccccc1Cl. The number of hydrogen-bond acceptors (Lipinski definition) is 4. The van der Waals surface area contributed by atoms with Gasteiger partial charge in [-0.3, -0.25) is 4.79 Å². The predicted molar refractivity (Wildman–Crippen MR) is 134 cm³/mol. The third-order valence-electron chi connectivity index (χ3n) is 4.65. The Bertz CT molecular complexity index is 1220. The molecule has 0 atom stereocenters. The highest BCUT2D eigenvalue weighted by Gasteiger charge is 2.15. The number of carbonyl (C=O) groups is 1. The molecule has 0 unspecified atom stereocenters. The van der Waals surface area contributed by atoms with Gasteiger partial charge in [-0.25, -0.2) is 0 Å². The van der Waals surface area contributed by atoms with Gasteiger partial charge in [-0.2, -0.15) is 5.26 Å². The molecule has 0 aliphatic carbocycles. The van der Waals surface area contributed by atoms with Crippen LogP contribution in [0.25, 0.3) is 6.08 Å². The first-order valence-corrected chi connectivity index (χ1v) is 11.4. The maximum atomic E-state index is 12.6. The maximum absolute atomic E-state index is 12.6. The van der Waals surface area contributed by atoms with E-state index in [4.69, 9.17) is 21.1 Å². The lowest BCUT2D eigenvalue weighted by Gasteiger charge is -2.15. The van der Waals surface area contributed by atoms with Gasteiger partial charge in [0.05, 0.1) is 11.1 Å². The number of rotatable bonds is 8. The normalized spacial score (nSPS) is 10.9. The first kappa shape index (κ1) is 24.4. The fraction of sp³-hybridized carbons (Fsp3) is 0.154. The van der Waals surface area contributed by atoms with E-state index < -0.39 is 5.91 Å². The smallest absolute Gasteiger partial charge is 0.266 e. The molecule has 3 rings (SSSR count). The molecule has 0 saturated carbocycles. The van der Waals surface area contributed by atoms with Gasteiger partial charge in [-0.05, 0) is 71.7 Å². The summed E-state index contributed by atoms with van der Waals surface area (Å²) in [5.74, 6) is 0.507. The largest absolute Gasteiger partial charge is 0.490 e. The number of anilines is 1. The molecule has 1 N–H and O–H groups in total. The summed E-state index contributed by atoms with van der Waals surface area (Å²) in [6.45, 7) is 4.50. The zero-order valence-corrected chi connectivity index (χ0v) is 20.5. The molecule has 0 heterocycles. The summed E-state index contributed by atoms with van der Waals surface area (Å²) in [7, 11) is 0. The quantitative estimate of drug-likeness (QED) is 0.256. The number of hydrogen-bond donors (Lipinski definition) is 1. The van der Waals surface area contributed by atoms with Gasteiger partial charge in [0.1, 0.15) is 18.2 Å². The van der Waals surface area contributed by atoms with Gasteiger partial charge in [0.15, 0.2) is 11.5 Å². The van der Waals surface area contributed by atoms with Crippen LogP contribution in [0.15, 0.2) is 70.7 Å². The number of ether oxygens (including phenoxy) is 2. The fourth-order valence-electron chi connectivity index (χ4n) is 2.99. The molecule has 0 spiro atoms. The van der Waals surface area contributed by atoms with Crippen molar-refractivity contribution in [1.29, 1.82) is 5.26 Å². The molecule has 1 amide bonds. The van der Waals surface area contributed by atoms with Crippen LogP contribution < -0.4 is 14.8 Å². The summed E-state index contributed by atoms with van der Waals surface area (Å²) in [5.41, 5.74) is 3.12. The van der Waals surface area contributed by atoms with Crippen LogP contribution in [0.1, 0.15) is 23.6 Å². The Morgan fingerprint density at radius 2 is 1.88 bits per heavy atom. The van der Waals surface area contributed by atoms with Crippen LogP contribution in [0.4, 0.5) is 5.69 Å². The van der Waals surface area contributed by atoms with Crippen LogP contribution in [-0.2, 0) is 11.4 Å².